The highest BCUT2D eigenvalue weighted by Gasteiger charge is 2.29. The first kappa shape index (κ1) is 19.5. The number of nitrogens with one attached hydrogen (secondary N) is 1. The van der Waals surface area contributed by atoms with E-state index in [2.05, 4.69) is 10.3 Å². The number of phenolic OH excluding ortho intramolecular Hbond substituents is 1. The Kier molecular flexibility index (Phi) is 4.87. The van der Waals surface area contributed by atoms with Gasteiger partial charge in [0, 0.05) is 18.2 Å². The smallest absolute Gasteiger partial charge is 0.296 e. The number of nitriles is 1. The van der Waals surface area contributed by atoms with Crippen molar-refractivity contribution in [3.05, 3.63) is 34.5 Å². The van der Waals surface area contributed by atoms with Crippen LogP contribution in [0.25, 0.3) is 6.08 Å². The van der Waals surface area contributed by atoms with E-state index in [1.54, 1.807) is 24.2 Å². The highest BCUT2D eigenvalue weighted by atomic mass is 16.3. The van der Waals surface area contributed by atoms with Gasteiger partial charge in [0.15, 0.2) is 6.19 Å². The quantitative estimate of drug-likeness (QED) is 0.459. The van der Waals surface area contributed by atoms with E-state index in [-0.39, 0.29) is 16.8 Å². The van der Waals surface area contributed by atoms with Crippen molar-refractivity contribution >= 4 is 17.9 Å². The molecule has 0 aliphatic carbocycles. The normalized spacial score (nSPS) is 16.7. The van der Waals surface area contributed by atoms with Gasteiger partial charge in [-0.3, -0.25) is 10.1 Å². The Hall–Kier alpha value is -2.81. The second-order valence-electron chi connectivity index (χ2n) is 8.53. The average molecular weight is 354 g/mol. The van der Waals surface area contributed by atoms with Crippen LogP contribution in [0.2, 0.25) is 0 Å². The van der Waals surface area contributed by atoms with E-state index < -0.39 is 5.91 Å². The van der Waals surface area contributed by atoms with Crippen molar-refractivity contribution in [2.45, 2.75) is 52.4 Å². The van der Waals surface area contributed by atoms with E-state index in [1.807, 2.05) is 53.7 Å². The van der Waals surface area contributed by atoms with Gasteiger partial charge in [0.2, 0.25) is 5.96 Å². The van der Waals surface area contributed by atoms with E-state index in [1.165, 1.54) is 0 Å². The molecule has 0 radical (unpaired) electrons. The molecule has 0 saturated heterocycles. The lowest BCUT2D eigenvalue weighted by molar-refractivity contribution is -0.114. The third kappa shape index (κ3) is 3.72. The molecule has 0 atom stereocenters. The van der Waals surface area contributed by atoms with Crippen LogP contribution in [0, 0.1) is 11.5 Å². The first-order valence-corrected chi connectivity index (χ1v) is 8.48. The molecule has 0 saturated carbocycles. The minimum Gasteiger partial charge on any atom is -0.507 e. The second-order valence-corrected chi connectivity index (χ2v) is 8.53. The van der Waals surface area contributed by atoms with Crippen LogP contribution in [-0.2, 0) is 15.6 Å². The van der Waals surface area contributed by atoms with Crippen LogP contribution in [0.1, 0.15) is 58.2 Å². The van der Waals surface area contributed by atoms with E-state index in [0.29, 0.717) is 11.4 Å². The zero-order valence-corrected chi connectivity index (χ0v) is 16.4. The molecule has 1 aliphatic rings. The number of carbonyl (C=O) groups is 1. The van der Waals surface area contributed by atoms with Gasteiger partial charge in [-0.05, 0) is 34.6 Å². The summed E-state index contributed by atoms with van der Waals surface area (Å²) in [5.74, 6) is 0.0869. The molecule has 2 rings (SSSR count). The fourth-order valence-corrected chi connectivity index (χ4v) is 2.85. The summed E-state index contributed by atoms with van der Waals surface area (Å²) in [6.45, 7) is 12.2. The zero-order chi connectivity index (χ0) is 19.9. The predicted octanol–water partition coefficient (Wildman–Crippen LogP) is 3.23. The fourth-order valence-electron chi connectivity index (χ4n) is 2.85. The molecule has 6 nitrogen and oxygen atoms in total. The number of amides is 1. The number of guanidine groups is 1. The Morgan fingerprint density at radius 3 is 2.08 bits per heavy atom. The van der Waals surface area contributed by atoms with Gasteiger partial charge in [0.25, 0.3) is 5.91 Å². The molecule has 2 N–H and O–H groups in total. The first-order valence-electron chi connectivity index (χ1n) is 8.48. The molecule has 0 aromatic heterocycles. The molecule has 6 heteroatoms. The van der Waals surface area contributed by atoms with Crippen LogP contribution in [0.3, 0.4) is 0 Å². The third-order valence-corrected chi connectivity index (χ3v) is 4.32. The topological polar surface area (TPSA) is 88.7 Å². The van der Waals surface area contributed by atoms with Crippen LogP contribution < -0.4 is 5.32 Å². The Morgan fingerprint density at radius 1 is 1.15 bits per heavy atom. The molecule has 0 spiro atoms. The largest absolute Gasteiger partial charge is 0.507 e. The van der Waals surface area contributed by atoms with Crippen molar-refractivity contribution in [2.24, 2.45) is 4.99 Å². The molecule has 0 bridgehead atoms. The van der Waals surface area contributed by atoms with Crippen molar-refractivity contribution in [1.29, 1.82) is 5.26 Å². The summed E-state index contributed by atoms with van der Waals surface area (Å²) in [4.78, 5) is 17.6. The van der Waals surface area contributed by atoms with Crippen molar-refractivity contribution in [3.8, 4) is 11.9 Å². The summed E-state index contributed by atoms with van der Waals surface area (Å²) in [5.41, 5.74) is 2.30. The van der Waals surface area contributed by atoms with Gasteiger partial charge in [0.1, 0.15) is 11.4 Å². The summed E-state index contributed by atoms with van der Waals surface area (Å²) in [6, 6.07) is 3.79. The monoisotopic (exact) mass is 354 g/mol. The van der Waals surface area contributed by atoms with Gasteiger partial charge in [-0.15, -0.1) is 0 Å². The van der Waals surface area contributed by atoms with E-state index >= 15 is 0 Å². The number of carbonyl (C=O) groups excluding carboxylic acids is 1. The number of aromatic hydroxyl groups is 1. The molecule has 1 aliphatic heterocycles. The number of benzene rings is 1. The molecule has 1 heterocycles. The van der Waals surface area contributed by atoms with E-state index in [0.717, 1.165) is 16.7 Å². The SMILES string of the molecule is CN1C(NC#N)=NC(=O)/C1=C/c1cc(C(C)(C)C)c(O)c(C(C)(C)C)c1. The minimum atomic E-state index is -0.409. The van der Waals surface area contributed by atoms with Gasteiger partial charge in [-0.1, -0.05) is 41.5 Å². The predicted molar refractivity (Wildman–Crippen MR) is 102 cm³/mol. The number of phenols is 1. The van der Waals surface area contributed by atoms with Crippen molar-refractivity contribution in [1.82, 2.24) is 10.2 Å². The van der Waals surface area contributed by atoms with Gasteiger partial charge >= 0.3 is 0 Å². The molecular weight excluding hydrogens is 328 g/mol. The highest BCUT2D eigenvalue weighted by Crippen LogP contribution is 2.40. The van der Waals surface area contributed by atoms with Gasteiger partial charge in [-0.25, -0.2) is 0 Å². The van der Waals surface area contributed by atoms with Crippen LogP contribution in [0.5, 0.6) is 5.75 Å². The molecule has 0 fully saturated rings. The lowest BCUT2D eigenvalue weighted by Gasteiger charge is -2.28. The lowest BCUT2D eigenvalue weighted by Crippen LogP contribution is -2.31. The summed E-state index contributed by atoms with van der Waals surface area (Å²) in [7, 11) is 1.68. The van der Waals surface area contributed by atoms with E-state index in [4.69, 9.17) is 5.26 Å². The molecule has 1 amide bonds. The molecular formula is C20H26N4O2. The van der Waals surface area contributed by atoms with E-state index in [9.17, 15) is 9.90 Å². The Morgan fingerprint density at radius 2 is 1.65 bits per heavy atom. The number of hydrogen-bond donors (Lipinski definition) is 2. The zero-order valence-electron chi connectivity index (χ0n) is 16.4. The standard InChI is InChI=1S/C20H26N4O2/c1-19(2,3)13-8-12(9-14(16(13)25)20(4,5)6)10-15-17(26)23-18(22-11-21)24(15)7/h8-10,25H,1-7H3,(H,22,23,26)/b15-10-. The molecule has 138 valence electrons. The molecule has 26 heavy (non-hydrogen) atoms. The summed E-state index contributed by atoms with van der Waals surface area (Å²) >= 11 is 0. The summed E-state index contributed by atoms with van der Waals surface area (Å²) in [5, 5.41) is 22.0. The number of likely N-dealkylation sites (N-methyl/N-ethyl adjacent to an activating group) is 1. The van der Waals surface area contributed by atoms with Crippen molar-refractivity contribution in [3.63, 3.8) is 0 Å². The average Bonchev–Trinajstić information content (AvgIpc) is 2.74. The second kappa shape index (κ2) is 6.49. The van der Waals surface area contributed by atoms with Crippen LogP contribution >= 0.6 is 0 Å². The molecule has 1 aromatic carbocycles. The van der Waals surface area contributed by atoms with Crippen LogP contribution in [0.15, 0.2) is 22.8 Å². The molecule has 0 unspecified atom stereocenters. The molecule has 1 aromatic rings. The number of rotatable bonds is 1. The van der Waals surface area contributed by atoms with Gasteiger partial charge in [0.05, 0.1) is 0 Å². The van der Waals surface area contributed by atoms with Crippen molar-refractivity contribution < 1.29 is 9.90 Å². The highest BCUT2D eigenvalue weighted by molar-refractivity contribution is 6.12. The Labute approximate surface area is 154 Å². The van der Waals surface area contributed by atoms with Crippen LogP contribution in [0.4, 0.5) is 0 Å². The summed E-state index contributed by atoms with van der Waals surface area (Å²) in [6.07, 6.45) is 3.51. The number of nitrogens with zero attached hydrogens (tertiary/aromatic N) is 3. The third-order valence-electron chi connectivity index (χ3n) is 4.32. The first-order chi connectivity index (χ1) is 11.9. The van der Waals surface area contributed by atoms with Gasteiger partial charge in [-0.2, -0.15) is 10.3 Å². The summed E-state index contributed by atoms with van der Waals surface area (Å²) < 4.78 is 0. The maximum absolute atomic E-state index is 12.2. The Balaban J connectivity index is 2.62. The van der Waals surface area contributed by atoms with Crippen LogP contribution in [-0.4, -0.2) is 28.9 Å². The maximum Gasteiger partial charge on any atom is 0.296 e. The van der Waals surface area contributed by atoms with Crippen molar-refractivity contribution in [2.75, 3.05) is 7.05 Å². The number of aliphatic imine (C=N–C) groups is 1. The maximum atomic E-state index is 12.2. The number of hydrogen-bond acceptors (Lipinski definition) is 5. The lowest BCUT2D eigenvalue weighted by atomic mass is 9.78. The minimum absolute atomic E-state index is 0.203. The fraction of sp³-hybridized carbons (Fsp3) is 0.450. The Bertz CT molecular complexity index is 811. The van der Waals surface area contributed by atoms with Gasteiger partial charge < -0.3 is 10.0 Å².